The summed E-state index contributed by atoms with van der Waals surface area (Å²) in [6.07, 6.45) is 5.17. The molecular weight excluding hydrogens is 222 g/mol. The van der Waals surface area contributed by atoms with Crippen LogP contribution in [0.3, 0.4) is 0 Å². The van der Waals surface area contributed by atoms with Crippen LogP contribution < -0.4 is 0 Å². The Morgan fingerprint density at radius 2 is 1.81 bits per heavy atom. The van der Waals surface area contributed by atoms with Crippen molar-refractivity contribution in [1.82, 2.24) is 15.0 Å². The predicted molar refractivity (Wildman–Crippen MR) is 64.4 cm³/mol. The number of nitrogens with zero attached hydrogens (tertiary/aromatic N) is 3. The van der Waals surface area contributed by atoms with Crippen molar-refractivity contribution in [1.29, 1.82) is 0 Å². The van der Waals surface area contributed by atoms with Gasteiger partial charge in [-0.2, -0.15) is 0 Å². The Balaban J connectivity index is 2.40. The number of halogens is 1. The lowest BCUT2D eigenvalue weighted by Crippen LogP contribution is -1.92. The maximum Gasteiger partial charge on any atom is 0.222 e. The van der Waals surface area contributed by atoms with Crippen LogP contribution in [-0.2, 0) is 0 Å². The van der Waals surface area contributed by atoms with Crippen molar-refractivity contribution in [2.45, 2.75) is 19.8 Å². The molecule has 16 heavy (non-hydrogen) atoms. The highest BCUT2D eigenvalue weighted by atomic mass is 35.5. The van der Waals surface area contributed by atoms with Gasteiger partial charge < -0.3 is 0 Å². The van der Waals surface area contributed by atoms with E-state index in [0.29, 0.717) is 5.92 Å². The molecule has 0 unspecified atom stereocenters. The summed E-state index contributed by atoms with van der Waals surface area (Å²) in [7, 11) is 0. The minimum Gasteiger partial charge on any atom is -0.256 e. The Morgan fingerprint density at radius 1 is 1.12 bits per heavy atom. The van der Waals surface area contributed by atoms with Gasteiger partial charge in [0.05, 0.1) is 5.69 Å². The number of aromatic nitrogens is 3. The van der Waals surface area contributed by atoms with Gasteiger partial charge in [0.1, 0.15) is 0 Å². The maximum absolute atomic E-state index is 5.64. The molecule has 0 radical (unpaired) electrons. The molecule has 0 fully saturated rings. The molecule has 0 saturated carbocycles. The number of pyridine rings is 1. The Morgan fingerprint density at radius 3 is 2.44 bits per heavy atom. The van der Waals surface area contributed by atoms with Crippen molar-refractivity contribution in [2.75, 3.05) is 0 Å². The fourth-order valence-corrected chi connectivity index (χ4v) is 1.51. The van der Waals surface area contributed by atoms with Gasteiger partial charge in [0.15, 0.2) is 0 Å². The van der Waals surface area contributed by atoms with E-state index in [-0.39, 0.29) is 5.28 Å². The summed E-state index contributed by atoms with van der Waals surface area (Å²) in [6.45, 7) is 4.30. The Kier molecular flexibility index (Phi) is 3.15. The van der Waals surface area contributed by atoms with E-state index in [9.17, 15) is 0 Å². The third-order valence-electron chi connectivity index (χ3n) is 2.37. The van der Waals surface area contributed by atoms with Gasteiger partial charge in [0.2, 0.25) is 5.28 Å². The van der Waals surface area contributed by atoms with Crippen LogP contribution in [0.4, 0.5) is 0 Å². The molecule has 3 nitrogen and oxygen atoms in total. The molecule has 0 aromatic carbocycles. The molecule has 2 rings (SSSR count). The second-order valence-electron chi connectivity index (χ2n) is 3.87. The largest absolute Gasteiger partial charge is 0.256 e. The van der Waals surface area contributed by atoms with E-state index >= 15 is 0 Å². The van der Waals surface area contributed by atoms with E-state index in [1.54, 1.807) is 18.6 Å². The Labute approximate surface area is 99.5 Å². The molecule has 4 heteroatoms. The van der Waals surface area contributed by atoms with E-state index in [4.69, 9.17) is 11.6 Å². The van der Waals surface area contributed by atoms with Crippen molar-refractivity contribution in [3.8, 4) is 11.3 Å². The lowest BCUT2D eigenvalue weighted by molar-refractivity contribution is 0.863. The van der Waals surface area contributed by atoms with Gasteiger partial charge in [0, 0.05) is 24.2 Å². The fraction of sp³-hybridized carbons (Fsp3) is 0.250. The van der Waals surface area contributed by atoms with Crippen molar-refractivity contribution in [2.24, 2.45) is 0 Å². The molecule has 0 N–H and O–H groups in total. The molecular formula is C12H12ClN3. The summed E-state index contributed by atoms with van der Waals surface area (Å²) in [6, 6.07) is 4.07. The molecule has 0 amide bonds. The van der Waals surface area contributed by atoms with E-state index in [2.05, 4.69) is 34.9 Å². The van der Waals surface area contributed by atoms with Gasteiger partial charge in [-0.05, 0) is 35.2 Å². The standard InChI is InChI=1S/C12H12ClN3/c1-8(2)9-3-4-14-11(5-9)10-6-15-12(13)16-7-10/h3-8H,1-2H3. The van der Waals surface area contributed by atoms with Crippen LogP contribution in [0.2, 0.25) is 5.28 Å². The van der Waals surface area contributed by atoms with Crippen molar-refractivity contribution in [3.63, 3.8) is 0 Å². The van der Waals surface area contributed by atoms with Crippen LogP contribution in [0.1, 0.15) is 25.3 Å². The quantitative estimate of drug-likeness (QED) is 0.747. The Hall–Kier alpha value is -1.48. The van der Waals surface area contributed by atoms with Crippen LogP contribution >= 0.6 is 11.6 Å². The number of hydrogen-bond donors (Lipinski definition) is 0. The van der Waals surface area contributed by atoms with E-state index in [1.165, 1.54) is 5.56 Å². The maximum atomic E-state index is 5.64. The third-order valence-corrected chi connectivity index (χ3v) is 2.56. The molecule has 0 aliphatic heterocycles. The molecule has 0 atom stereocenters. The summed E-state index contributed by atoms with van der Waals surface area (Å²) >= 11 is 5.64. The first-order chi connectivity index (χ1) is 7.66. The third kappa shape index (κ3) is 2.36. The molecule has 0 spiro atoms. The average molecular weight is 234 g/mol. The lowest BCUT2D eigenvalue weighted by Gasteiger charge is -2.06. The first kappa shape index (κ1) is 11.0. The highest BCUT2D eigenvalue weighted by Gasteiger charge is 2.04. The van der Waals surface area contributed by atoms with Gasteiger partial charge in [-0.15, -0.1) is 0 Å². The molecule has 82 valence electrons. The zero-order valence-electron chi connectivity index (χ0n) is 9.18. The summed E-state index contributed by atoms with van der Waals surface area (Å²) in [5.74, 6) is 0.481. The monoisotopic (exact) mass is 233 g/mol. The average Bonchev–Trinajstić information content (AvgIpc) is 2.30. The highest BCUT2D eigenvalue weighted by molar-refractivity contribution is 6.28. The molecule has 2 aromatic rings. The summed E-state index contributed by atoms with van der Waals surface area (Å²) in [4.78, 5) is 12.2. The molecule has 0 saturated heterocycles. The van der Waals surface area contributed by atoms with E-state index in [1.807, 2.05) is 6.07 Å². The van der Waals surface area contributed by atoms with Crippen molar-refractivity contribution >= 4 is 11.6 Å². The molecule has 0 aliphatic rings. The van der Waals surface area contributed by atoms with Crippen LogP contribution in [0.15, 0.2) is 30.7 Å². The topological polar surface area (TPSA) is 38.7 Å². The van der Waals surface area contributed by atoms with Crippen LogP contribution in [-0.4, -0.2) is 15.0 Å². The fourth-order valence-electron chi connectivity index (χ4n) is 1.41. The second-order valence-corrected chi connectivity index (χ2v) is 4.21. The lowest BCUT2D eigenvalue weighted by atomic mass is 10.0. The molecule has 2 heterocycles. The first-order valence-corrected chi connectivity index (χ1v) is 5.48. The second kappa shape index (κ2) is 4.58. The SMILES string of the molecule is CC(C)c1ccnc(-c2cnc(Cl)nc2)c1. The van der Waals surface area contributed by atoms with Gasteiger partial charge >= 0.3 is 0 Å². The molecule has 0 bridgehead atoms. The summed E-state index contributed by atoms with van der Waals surface area (Å²) < 4.78 is 0. The first-order valence-electron chi connectivity index (χ1n) is 5.10. The van der Waals surface area contributed by atoms with Gasteiger partial charge in [-0.3, -0.25) is 4.98 Å². The normalized spacial score (nSPS) is 10.8. The van der Waals surface area contributed by atoms with Crippen molar-refractivity contribution in [3.05, 3.63) is 41.6 Å². The van der Waals surface area contributed by atoms with Crippen LogP contribution in [0.25, 0.3) is 11.3 Å². The zero-order chi connectivity index (χ0) is 11.5. The van der Waals surface area contributed by atoms with Gasteiger partial charge in [-0.25, -0.2) is 9.97 Å². The molecule has 0 aliphatic carbocycles. The predicted octanol–water partition coefficient (Wildman–Crippen LogP) is 3.32. The van der Waals surface area contributed by atoms with Crippen LogP contribution in [0.5, 0.6) is 0 Å². The number of rotatable bonds is 2. The van der Waals surface area contributed by atoms with Gasteiger partial charge in [0.25, 0.3) is 0 Å². The van der Waals surface area contributed by atoms with Crippen molar-refractivity contribution < 1.29 is 0 Å². The number of hydrogen-bond acceptors (Lipinski definition) is 3. The zero-order valence-corrected chi connectivity index (χ0v) is 9.94. The van der Waals surface area contributed by atoms with E-state index < -0.39 is 0 Å². The highest BCUT2D eigenvalue weighted by Crippen LogP contribution is 2.20. The van der Waals surface area contributed by atoms with Crippen LogP contribution in [0, 0.1) is 0 Å². The minimum atomic E-state index is 0.253. The minimum absolute atomic E-state index is 0.253. The summed E-state index contributed by atoms with van der Waals surface area (Å²) in [5.41, 5.74) is 3.01. The van der Waals surface area contributed by atoms with Gasteiger partial charge in [-0.1, -0.05) is 13.8 Å². The molecule has 2 aromatic heterocycles. The van der Waals surface area contributed by atoms with E-state index in [0.717, 1.165) is 11.3 Å². The summed E-state index contributed by atoms with van der Waals surface area (Å²) in [5, 5.41) is 0.253. The Bertz CT molecular complexity index is 480. The smallest absolute Gasteiger partial charge is 0.222 e.